The molecule has 1 aromatic rings. The van der Waals surface area contributed by atoms with Gasteiger partial charge in [-0.3, -0.25) is 9.11 Å². The van der Waals surface area contributed by atoms with Crippen molar-refractivity contribution in [3.63, 3.8) is 0 Å². The minimum Gasteiger partial charge on any atom is -0.462 e. The van der Waals surface area contributed by atoms with Crippen molar-refractivity contribution < 1.29 is 18.6 Å². The lowest BCUT2D eigenvalue weighted by atomic mass is 10.1. The molecular formula is C12H18ClN3O4S. The summed E-state index contributed by atoms with van der Waals surface area (Å²) in [7, 11) is -2.44. The van der Waals surface area contributed by atoms with E-state index in [1.165, 1.54) is 6.20 Å². The Balaban J connectivity index is 2.12. The monoisotopic (exact) mass is 335 g/mol. The summed E-state index contributed by atoms with van der Waals surface area (Å²) in [6.07, 6.45) is 2.50. The highest BCUT2D eigenvalue weighted by Gasteiger charge is 2.26. The van der Waals surface area contributed by atoms with E-state index in [-0.39, 0.29) is 23.5 Å². The second-order valence-electron chi connectivity index (χ2n) is 4.75. The molecule has 7 nitrogen and oxygen atoms in total. The maximum absolute atomic E-state index is 11.9. The Kier molecular flexibility index (Phi) is 5.26. The highest BCUT2D eigenvalue weighted by Crippen LogP contribution is 2.44. The predicted molar refractivity (Wildman–Crippen MR) is 82.2 cm³/mol. The second-order valence-corrected chi connectivity index (χ2v) is 7.51. The first kappa shape index (κ1) is 16.3. The van der Waals surface area contributed by atoms with Crippen LogP contribution >= 0.6 is 22.2 Å². The molecule has 0 bridgehead atoms. The molecule has 1 aliphatic heterocycles. The molecule has 1 aliphatic rings. The van der Waals surface area contributed by atoms with E-state index in [2.05, 4.69) is 15.3 Å². The van der Waals surface area contributed by atoms with Crippen molar-refractivity contribution in [1.82, 2.24) is 9.97 Å². The molecule has 0 amide bonds. The zero-order chi connectivity index (χ0) is 15.5. The van der Waals surface area contributed by atoms with E-state index < -0.39 is 16.6 Å². The van der Waals surface area contributed by atoms with Gasteiger partial charge < -0.3 is 10.1 Å². The Morgan fingerprint density at radius 3 is 2.81 bits per heavy atom. The molecule has 2 rings (SSSR count). The fraction of sp³-hybridized carbons (Fsp3) is 0.583. The van der Waals surface area contributed by atoms with Crippen LogP contribution < -0.4 is 5.32 Å². The van der Waals surface area contributed by atoms with Gasteiger partial charge in [0.15, 0.2) is 0 Å². The molecule has 21 heavy (non-hydrogen) atoms. The SMILES string of the molecule is CCOC(=O)c1cnc(Cl)nc1NC1CCS(O)(O)CC1. The van der Waals surface area contributed by atoms with Crippen LogP contribution in [0.25, 0.3) is 0 Å². The molecule has 1 aromatic heterocycles. The molecule has 3 N–H and O–H groups in total. The van der Waals surface area contributed by atoms with Crippen molar-refractivity contribution in [3.05, 3.63) is 17.0 Å². The molecule has 2 heterocycles. The van der Waals surface area contributed by atoms with Gasteiger partial charge in [-0.1, -0.05) is 0 Å². The number of hydrogen-bond donors (Lipinski definition) is 3. The fourth-order valence-corrected chi connectivity index (χ4v) is 3.74. The number of nitrogens with zero attached hydrogens (tertiary/aromatic N) is 2. The average Bonchev–Trinajstić information content (AvgIpc) is 2.41. The van der Waals surface area contributed by atoms with Crippen LogP contribution in [0, 0.1) is 0 Å². The van der Waals surface area contributed by atoms with E-state index in [0.717, 1.165) is 0 Å². The highest BCUT2D eigenvalue weighted by molar-refractivity contribution is 8.24. The summed E-state index contributed by atoms with van der Waals surface area (Å²) >= 11 is 5.77. The summed E-state index contributed by atoms with van der Waals surface area (Å²) in [5.74, 6) is 0.491. The Morgan fingerprint density at radius 1 is 1.52 bits per heavy atom. The van der Waals surface area contributed by atoms with Gasteiger partial charge in [-0.25, -0.2) is 9.78 Å². The molecule has 0 saturated carbocycles. The van der Waals surface area contributed by atoms with E-state index >= 15 is 0 Å². The summed E-state index contributed by atoms with van der Waals surface area (Å²) in [6, 6.07) is 0.00377. The van der Waals surface area contributed by atoms with Crippen molar-refractivity contribution in [1.29, 1.82) is 0 Å². The van der Waals surface area contributed by atoms with Crippen LogP contribution in [0.5, 0.6) is 0 Å². The first-order valence-corrected chi connectivity index (χ1v) is 8.87. The molecule has 1 saturated heterocycles. The second kappa shape index (κ2) is 6.78. The average molecular weight is 336 g/mol. The smallest absolute Gasteiger partial charge is 0.343 e. The van der Waals surface area contributed by atoms with Crippen molar-refractivity contribution in [2.75, 3.05) is 23.4 Å². The third kappa shape index (κ3) is 4.44. The Labute approximate surface area is 129 Å². The van der Waals surface area contributed by atoms with Crippen LogP contribution in [0.2, 0.25) is 5.28 Å². The van der Waals surface area contributed by atoms with Crippen LogP contribution in [0.1, 0.15) is 30.1 Å². The van der Waals surface area contributed by atoms with Gasteiger partial charge in [0.2, 0.25) is 5.28 Å². The molecule has 0 unspecified atom stereocenters. The molecule has 0 atom stereocenters. The topological polar surface area (TPSA) is 105 Å². The number of aromatic nitrogens is 2. The molecule has 1 fully saturated rings. The third-order valence-corrected chi connectivity index (χ3v) is 5.14. The summed E-state index contributed by atoms with van der Waals surface area (Å²) < 4.78 is 24.2. The largest absolute Gasteiger partial charge is 0.462 e. The normalized spacial score (nSPS) is 19.8. The number of halogens is 1. The summed E-state index contributed by atoms with van der Waals surface area (Å²) in [5.41, 5.74) is 0.221. The van der Waals surface area contributed by atoms with Gasteiger partial charge in [0.1, 0.15) is 11.4 Å². The minimum absolute atomic E-state index is 0.00377. The lowest BCUT2D eigenvalue weighted by Gasteiger charge is -2.39. The number of carbonyl (C=O) groups excluding carboxylic acids is 1. The van der Waals surface area contributed by atoms with E-state index in [9.17, 15) is 13.9 Å². The van der Waals surface area contributed by atoms with Crippen LogP contribution in [0.15, 0.2) is 6.20 Å². The van der Waals surface area contributed by atoms with Gasteiger partial charge in [0.25, 0.3) is 0 Å². The van der Waals surface area contributed by atoms with Gasteiger partial charge in [0, 0.05) is 23.7 Å². The summed E-state index contributed by atoms with van der Waals surface area (Å²) in [6.45, 7) is 1.97. The lowest BCUT2D eigenvalue weighted by Crippen LogP contribution is -2.31. The van der Waals surface area contributed by atoms with Gasteiger partial charge in [-0.15, -0.1) is 0 Å². The molecule has 118 valence electrons. The Bertz CT molecular complexity index is 519. The first-order valence-electron chi connectivity index (χ1n) is 6.61. The highest BCUT2D eigenvalue weighted by atomic mass is 35.5. The number of carbonyl (C=O) groups is 1. The van der Waals surface area contributed by atoms with Crippen molar-refractivity contribution in [3.8, 4) is 0 Å². The van der Waals surface area contributed by atoms with Crippen molar-refractivity contribution in [2.24, 2.45) is 0 Å². The molecule has 0 aliphatic carbocycles. The van der Waals surface area contributed by atoms with E-state index in [1.54, 1.807) is 6.92 Å². The van der Waals surface area contributed by atoms with Gasteiger partial charge in [0.05, 0.1) is 6.61 Å². The third-order valence-electron chi connectivity index (χ3n) is 3.18. The van der Waals surface area contributed by atoms with Crippen LogP contribution in [-0.4, -0.2) is 49.2 Å². The number of hydrogen-bond acceptors (Lipinski definition) is 7. The lowest BCUT2D eigenvalue weighted by molar-refractivity contribution is 0.0526. The van der Waals surface area contributed by atoms with Crippen molar-refractivity contribution >= 4 is 34.0 Å². The van der Waals surface area contributed by atoms with Crippen LogP contribution in [-0.2, 0) is 4.74 Å². The fourth-order valence-electron chi connectivity index (χ4n) is 2.07. The Morgan fingerprint density at radius 2 is 2.19 bits per heavy atom. The number of nitrogens with one attached hydrogen (secondary N) is 1. The Hall–Kier alpha value is -1.09. The maximum atomic E-state index is 11.9. The van der Waals surface area contributed by atoms with E-state index in [1.807, 2.05) is 0 Å². The van der Waals surface area contributed by atoms with Gasteiger partial charge in [-0.2, -0.15) is 15.6 Å². The van der Waals surface area contributed by atoms with E-state index in [4.69, 9.17) is 16.3 Å². The first-order chi connectivity index (χ1) is 9.91. The molecule has 0 radical (unpaired) electrons. The van der Waals surface area contributed by atoms with Crippen LogP contribution in [0.3, 0.4) is 0 Å². The zero-order valence-electron chi connectivity index (χ0n) is 11.6. The number of ether oxygens (including phenoxy) is 1. The number of esters is 1. The zero-order valence-corrected chi connectivity index (χ0v) is 13.2. The quantitative estimate of drug-likeness (QED) is 0.573. The van der Waals surface area contributed by atoms with E-state index in [0.29, 0.717) is 30.2 Å². The molecule has 0 spiro atoms. The molecular weight excluding hydrogens is 318 g/mol. The molecule has 9 heteroatoms. The minimum atomic E-state index is -2.44. The van der Waals surface area contributed by atoms with Crippen molar-refractivity contribution in [2.45, 2.75) is 25.8 Å². The summed E-state index contributed by atoms with van der Waals surface area (Å²) in [4.78, 5) is 19.7. The number of rotatable bonds is 4. The van der Waals surface area contributed by atoms with Crippen LogP contribution in [0.4, 0.5) is 5.82 Å². The molecule has 0 aromatic carbocycles. The van der Waals surface area contributed by atoms with Gasteiger partial charge in [-0.05, 0) is 31.4 Å². The maximum Gasteiger partial charge on any atom is 0.343 e. The predicted octanol–water partition coefficient (Wildman–Crippen LogP) is 2.63. The number of anilines is 1. The van der Waals surface area contributed by atoms with Gasteiger partial charge >= 0.3 is 5.97 Å². The standard InChI is InChI=1S/C12H18ClN3O4S/c1-2-20-11(17)9-7-14-12(13)16-10(9)15-8-3-5-21(18,19)6-4-8/h7-8,18-19H,2-6H2,1H3,(H,14,15,16). The summed E-state index contributed by atoms with van der Waals surface area (Å²) in [5, 5.41) is 3.16.